The van der Waals surface area contributed by atoms with E-state index in [1.165, 1.54) is 12.1 Å². The van der Waals surface area contributed by atoms with Crippen LogP contribution in [0, 0.1) is 12.3 Å². The van der Waals surface area contributed by atoms with Gasteiger partial charge >= 0.3 is 6.09 Å². The Morgan fingerprint density at radius 3 is 2.13 bits per heavy atom. The summed E-state index contributed by atoms with van der Waals surface area (Å²) in [5.41, 5.74) is 2.12. The number of carbonyl (C=O) groups excluding carboxylic acids is 3. The van der Waals surface area contributed by atoms with Crippen LogP contribution in [0.2, 0.25) is 0 Å². The van der Waals surface area contributed by atoms with Gasteiger partial charge in [0, 0.05) is 25.1 Å². The lowest BCUT2D eigenvalue weighted by Gasteiger charge is -2.35. The molecule has 2 atom stereocenters. The Kier molecular flexibility index (Phi) is 14.4. The first-order valence-corrected chi connectivity index (χ1v) is 16.5. The molecule has 0 aromatic heterocycles. The number of amides is 3. The Morgan fingerprint density at radius 1 is 0.872 bits per heavy atom. The summed E-state index contributed by atoms with van der Waals surface area (Å²) in [6.07, 6.45) is 11.0. The fraction of sp³-hybridized carbons (Fsp3) is 0.410. The van der Waals surface area contributed by atoms with Crippen molar-refractivity contribution in [2.75, 3.05) is 6.54 Å². The molecule has 0 saturated carbocycles. The summed E-state index contributed by atoms with van der Waals surface area (Å²) in [4.78, 5) is 43.5. The molecule has 0 spiro atoms. The molecule has 8 nitrogen and oxygen atoms in total. The van der Waals surface area contributed by atoms with Gasteiger partial charge < -0.3 is 25.4 Å². The van der Waals surface area contributed by atoms with Crippen molar-refractivity contribution < 1.29 is 24.2 Å². The Morgan fingerprint density at radius 2 is 1.51 bits per heavy atom. The van der Waals surface area contributed by atoms with Crippen LogP contribution in [0.4, 0.5) is 4.79 Å². The molecule has 0 radical (unpaired) electrons. The fourth-order valence-electron chi connectivity index (χ4n) is 5.26. The van der Waals surface area contributed by atoms with Crippen molar-refractivity contribution in [1.82, 2.24) is 15.5 Å². The van der Waals surface area contributed by atoms with E-state index in [0.717, 1.165) is 43.2 Å². The molecule has 47 heavy (non-hydrogen) atoms. The third-order valence-corrected chi connectivity index (χ3v) is 7.66. The lowest BCUT2D eigenvalue weighted by molar-refractivity contribution is -0.142. The molecule has 0 saturated heterocycles. The molecule has 0 bridgehead atoms. The number of rotatable bonds is 16. The van der Waals surface area contributed by atoms with E-state index in [4.69, 9.17) is 11.2 Å². The summed E-state index contributed by atoms with van der Waals surface area (Å²) in [6, 6.07) is 21.1. The molecule has 3 aromatic carbocycles. The van der Waals surface area contributed by atoms with Crippen LogP contribution >= 0.6 is 0 Å². The lowest BCUT2D eigenvalue weighted by atomic mass is 9.98. The van der Waals surface area contributed by atoms with Crippen LogP contribution in [0.15, 0.2) is 78.9 Å². The van der Waals surface area contributed by atoms with Crippen LogP contribution in [0.25, 0.3) is 0 Å². The van der Waals surface area contributed by atoms with E-state index in [2.05, 4.69) is 23.5 Å². The quantitative estimate of drug-likeness (QED) is 0.115. The van der Waals surface area contributed by atoms with E-state index in [1.54, 1.807) is 62.1 Å². The first kappa shape index (κ1) is 36.7. The number of benzene rings is 3. The first-order chi connectivity index (χ1) is 22.5. The van der Waals surface area contributed by atoms with Crippen molar-refractivity contribution in [3.05, 3.63) is 101 Å². The summed E-state index contributed by atoms with van der Waals surface area (Å²) in [7, 11) is 0. The Bertz CT molecular complexity index is 1460. The number of aromatic hydroxyl groups is 1. The number of unbranched alkanes of at least 4 members (excludes halogenated alkanes) is 5. The van der Waals surface area contributed by atoms with Crippen LogP contribution in [-0.4, -0.2) is 46.1 Å². The molecular formula is C39H49N3O5. The summed E-state index contributed by atoms with van der Waals surface area (Å²) in [6.45, 7) is 8.00. The molecule has 0 heterocycles. The second kappa shape index (κ2) is 18.4. The SMILES string of the molecule is C#Cc1ccc(C(C(=O)NCc2ccccc2)N(CCCCCCCC)C(=O)C(Cc2ccc(O)cc2)NC(=O)OC(C)(C)C)cc1. The Balaban J connectivity index is 2.02. The predicted octanol–water partition coefficient (Wildman–Crippen LogP) is 7.06. The molecule has 2 unspecified atom stereocenters. The molecule has 0 aliphatic heterocycles. The zero-order chi connectivity index (χ0) is 34.2. The highest BCUT2D eigenvalue weighted by atomic mass is 16.6. The van der Waals surface area contributed by atoms with Gasteiger partial charge in [0.1, 0.15) is 23.4 Å². The number of hydrogen-bond acceptors (Lipinski definition) is 5. The van der Waals surface area contributed by atoms with Crippen LogP contribution in [0.3, 0.4) is 0 Å². The van der Waals surface area contributed by atoms with Crippen LogP contribution in [-0.2, 0) is 27.3 Å². The molecule has 3 N–H and O–H groups in total. The van der Waals surface area contributed by atoms with Gasteiger partial charge in [-0.2, -0.15) is 0 Å². The predicted molar refractivity (Wildman–Crippen MR) is 185 cm³/mol. The van der Waals surface area contributed by atoms with Gasteiger partial charge in [-0.3, -0.25) is 9.59 Å². The minimum atomic E-state index is -1.05. The lowest BCUT2D eigenvalue weighted by Crippen LogP contribution is -2.54. The zero-order valence-electron chi connectivity index (χ0n) is 28.1. The molecule has 0 aliphatic rings. The minimum Gasteiger partial charge on any atom is -0.508 e. The fourth-order valence-corrected chi connectivity index (χ4v) is 5.26. The topological polar surface area (TPSA) is 108 Å². The van der Waals surface area contributed by atoms with Crippen molar-refractivity contribution in [1.29, 1.82) is 0 Å². The number of nitrogens with zero attached hydrogens (tertiary/aromatic N) is 1. The van der Waals surface area contributed by atoms with Gasteiger partial charge in [0.25, 0.3) is 0 Å². The summed E-state index contributed by atoms with van der Waals surface area (Å²) in [5.74, 6) is 1.94. The summed E-state index contributed by atoms with van der Waals surface area (Å²) >= 11 is 0. The van der Waals surface area contributed by atoms with Crippen molar-refractivity contribution >= 4 is 17.9 Å². The van der Waals surface area contributed by atoms with Gasteiger partial charge in [-0.25, -0.2) is 4.79 Å². The number of nitrogens with one attached hydrogen (secondary N) is 2. The highest BCUT2D eigenvalue weighted by molar-refractivity contribution is 5.92. The smallest absolute Gasteiger partial charge is 0.408 e. The molecule has 8 heteroatoms. The first-order valence-electron chi connectivity index (χ1n) is 16.5. The summed E-state index contributed by atoms with van der Waals surface area (Å²) < 4.78 is 5.54. The Hall–Kier alpha value is -4.77. The highest BCUT2D eigenvalue weighted by Crippen LogP contribution is 2.26. The largest absolute Gasteiger partial charge is 0.508 e. The molecule has 3 aromatic rings. The van der Waals surface area contributed by atoms with E-state index in [0.29, 0.717) is 24.1 Å². The van der Waals surface area contributed by atoms with Crippen molar-refractivity contribution in [2.24, 2.45) is 0 Å². The normalized spacial score (nSPS) is 12.3. The molecule has 3 amide bonds. The third kappa shape index (κ3) is 12.5. The van der Waals surface area contributed by atoms with Gasteiger partial charge in [-0.1, -0.05) is 99.5 Å². The van der Waals surface area contributed by atoms with Gasteiger partial charge in [-0.15, -0.1) is 6.42 Å². The van der Waals surface area contributed by atoms with E-state index in [1.807, 2.05) is 30.3 Å². The molecule has 3 rings (SSSR count). The van der Waals surface area contributed by atoms with Crippen LogP contribution in [0.1, 0.15) is 94.5 Å². The second-order valence-corrected chi connectivity index (χ2v) is 12.7. The van der Waals surface area contributed by atoms with E-state index >= 15 is 0 Å². The maximum Gasteiger partial charge on any atom is 0.408 e. The average Bonchev–Trinajstić information content (AvgIpc) is 3.05. The maximum absolute atomic E-state index is 14.7. The van der Waals surface area contributed by atoms with Gasteiger partial charge in [0.15, 0.2) is 0 Å². The Labute approximate surface area is 279 Å². The third-order valence-electron chi connectivity index (χ3n) is 7.66. The zero-order valence-corrected chi connectivity index (χ0v) is 28.1. The van der Waals surface area contributed by atoms with Gasteiger partial charge in [0.2, 0.25) is 11.8 Å². The van der Waals surface area contributed by atoms with Crippen molar-refractivity contribution in [3.8, 4) is 18.1 Å². The van der Waals surface area contributed by atoms with Crippen LogP contribution in [0.5, 0.6) is 5.75 Å². The molecule has 0 fully saturated rings. The van der Waals surface area contributed by atoms with Crippen molar-refractivity contribution in [3.63, 3.8) is 0 Å². The standard InChI is InChI=1S/C39H49N3O5/c1-6-8-9-10-11-15-26-42(37(45)34(41-38(46)47-39(3,4)5)27-30-20-24-33(43)25-21-30)35(32-22-18-29(7-2)19-23-32)36(44)40-28-31-16-13-12-14-17-31/h2,12-14,16-25,34-35,43H,6,8-11,15,26-28H2,1,3-5H3,(H,40,44)(H,41,46). The number of hydrogen-bond donors (Lipinski definition) is 3. The monoisotopic (exact) mass is 639 g/mol. The summed E-state index contributed by atoms with van der Waals surface area (Å²) in [5, 5.41) is 15.7. The van der Waals surface area contributed by atoms with Crippen molar-refractivity contribution in [2.45, 2.75) is 96.9 Å². The second-order valence-electron chi connectivity index (χ2n) is 12.7. The minimum absolute atomic E-state index is 0.0898. The van der Waals surface area contributed by atoms with E-state index in [9.17, 15) is 19.5 Å². The van der Waals surface area contributed by atoms with E-state index < -0.39 is 29.7 Å². The number of carbonyl (C=O) groups is 3. The van der Waals surface area contributed by atoms with E-state index in [-0.39, 0.29) is 24.6 Å². The van der Waals surface area contributed by atoms with Gasteiger partial charge in [-0.05, 0) is 68.1 Å². The average molecular weight is 640 g/mol. The number of phenolic OH excluding ortho intramolecular Hbond substituents is 1. The maximum atomic E-state index is 14.7. The number of terminal acetylenes is 1. The molecule has 0 aliphatic carbocycles. The number of ether oxygens (including phenoxy) is 1. The molecule has 250 valence electrons. The molecular weight excluding hydrogens is 590 g/mol. The van der Waals surface area contributed by atoms with Crippen LogP contribution < -0.4 is 10.6 Å². The number of phenols is 1. The highest BCUT2D eigenvalue weighted by Gasteiger charge is 2.36. The number of alkyl carbamates (subject to hydrolysis) is 1. The van der Waals surface area contributed by atoms with Gasteiger partial charge in [0.05, 0.1) is 0 Å².